The van der Waals surface area contributed by atoms with Gasteiger partial charge >= 0.3 is 0 Å². The molecule has 0 spiro atoms. The molecule has 110 valence electrons. The highest BCUT2D eigenvalue weighted by molar-refractivity contribution is 9.11. The Hall–Kier alpha value is -0.390. The van der Waals surface area contributed by atoms with Crippen molar-refractivity contribution in [2.75, 3.05) is 19.6 Å². The van der Waals surface area contributed by atoms with E-state index in [0.29, 0.717) is 11.6 Å². The Bertz CT molecular complexity index is 471. The van der Waals surface area contributed by atoms with Crippen LogP contribution in [0.25, 0.3) is 0 Å². The first kappa shape index (κ1) is 16.0. The van der Waals surface area contributed by atoms with Crippen LogP contribution in [0.1, 0.15) is 36.5 Å². The number of hydrogen-bond donors (Lipinski definition) is 1. The van der Waals surface area contributed by atoms with Crippen molar-refractivity contribution in [3.05, 3.63) is 32.7 Å². The van der Waals surface area contributed by atoms with Crippen molar-refractivity contribution in [1.29, 1.82) is 0 Å². The van der Waals surface area contributed by atoms with Crippen LogP contribution in [0, 0.1) is 0 Å². The summed E-state index contributed by atoms with van der Waals surface area (Å²) in [6.07, 6.45) is 3.27. The maximum Gasteiger partial charge on any atom is 0.252 e. The second-order valence-corrected chi connectivity index (χ2v) is 6.98. The molecule has 1 aromatic carbocycles. The van der Waals surface area contributed by atoms with Gasteiger partial charge in [-0.05, 0) is 59.9 Å². The summed E-state index contributed by atoms with van der Waals surface area (Å²) in [5.74, 6) is 0.00659. The van der Waals surface area contributed by atoms with Gasteiger partial charge in [0.2, 0.25) is 0 Å². The van der Waals surface area contributed by atoms with Gasteiger partial charge in [0.15, 0.2) is 0 Å². The molecule has 20 heavy (non-hydrogen) atoms. The zero-order chi connectivity index (χ0) is 14.5. The predicted molar refractivity (Wildman–Crippen MR) is 89.1 cm³/mol. The zero-order valence-electron chi connectivity index (χ0n) is 11.7. The molecule has 0 atom stereocenters. The number of rotatable bonds is 4. The van der Waals surface area contributed by atoms with Crippen LogP contribution in [-0.4, -0.2) is 36.5 Å². The predicted octanol–water partition coefficient (Wildman–Crippen LogP) is 3.82. The summed E-state index contributed by atoms with van der Waals surface area (Å²) in [5, 5.41) is 3.15. The van der Waals surface area contributed by atoms with Crippen molar-refractivity contribution in [2.45, 2.75) is 32.2 Å². The lowest BCUT2D eigenvalue weighted by atomic mass is 10.0. The molecule has 1 aliphatic rings. The molecular weight excluding hydrogens is 384 g/mol. The Morgan fingerprint density at radius 1 is 1.35 bits per heavy atom. The van der Waals surface area contributed by atoms with Gasteiger partial charge in [0.1, 0.15) is 0 Å². The summed E-state index contributed by atoms with van der Waals surface area (Å²) in [6.45, 7) is 5.54. The number of nitrogens with zero attached hydrogens (tertiary/aromatic N) is 1. The standard InChI is InChI=1S/C15H20Br2N2O/c1-2-7-19-8-5-12(6-9-19)18-15(20)13-10-11(16)3-4-14(13)17/h3-4,10,12H,2,5-9H2,1H3,(H,18,20). The second-order valence-electron chi connectivity index (χ2n) is 5.21. The first-order valence-corrected chi connectivity index (χ1v) is 8.67. The fourth-order valence-corrected chi connectivity index (χ4v) is 3.34. The van der Waals surface area contributed by atoms with Gasteiger partial charge in [-0.3, -0.25) is 4.79 Å². The van der Waals surface area contributed by atoms with E-state index in [0.717, 1.165) is 41.4 Å². The number of carbonyl (C=O) groups excluding carboxylic acids is 1. The van der Waals surface area contributed by atoms with Gasteiger partial charge in [0.25, 0.3) is 5.91 Å². The van der Waals surface area contributed by atoms with Gasteiger partial charge in [0, 0.05) is 28.1 Å². The number of piperidine rings is 1. The molecule has 1 fully saturated rings. The van der Waals surface area contributed by atoms with Gasteiger partial charge in [-0.2, -0.15) is 0 Å². The maximum absolute atomic E-state index is 12.3. The Kier molecular flexibility index (Phi) is 6.05. The molecule has 0 aliphatic carbocycles. The van der Waals surface area contributed by atoms with E-state index in [4.69, 9.17) is 0 Å². The fraction of sp³-hybridized carbons (Fsp3) is 0.533. The molecule has 0 saturated carbocycles. The molecule has 1 aliphatic heterocycles. The summed E-state index contributed by atoms with van der Waals surface area (Å²) in [5.41, 5.74) is 0.690. The molecule has 5 heteroatoms. The monoisotopic (exact) mass is 402 g/mol. The highest BCUT2D eigenvalue weighted by atomic mass is 79.9. The SMILES string of the molecule is CCCN1CCC(NC(=O)c2cc(Br)ccc2Br)CC1. The summed E-state index contributed by atoms with van der Waals surface area (Å²) >= 11 is 6.84. The van der Waals surface area contributed by atoms with E-state index in [2.05, 4.69) is 49.0 Å². The van der Waals surface area contributed by atoms with E-state index in [9.17, 15) is 4.79 Å². The largest absolute Gasteiger partial charge is 0.349 e. The third-order valence-electron chi connectivity index (χ3n) is 3.64. The number of halogens is 2. The minimum absolute atomic E-state index is 0.00659. The lowest BCUT2D eigenvalue weighted by Gasteiger charge is -2.32. The van der Waals surface area contributed by atoms with Crippen molar-refractivity contribution in [3.63, 3.8) is 0 Å². The van der Waals surface area contributed by atoms with Gasteiger partial charge in [-0.15, -0.1) is 0 Å². The van der Waals surface area contributed by atoms with E-state index in [1.807, 2.05) is 18.2 Å². The highest BCUT2D eigenvalue weighted by Crippen LogP contribution is 2.22. The molecular formula is C15H20Br2N2O. The van der Waals surface area contributed by atoms with Crippen LogP contribution in [0.3, 0.4) is 0 Å². The van der Waals surface area contributed by atoms with E-state index in [1.54, 1.807) is 0 Å². The van der Waals surface area contributed by atoms with Gasteiger partial charge in [-0.25, -0.2) is 0 Å². The number of carbonyl (C=O) groups is 1. The molecule has 2 rings (SSSR count). The first-order chi connectivity index (χ1) is 9.60. The molecule has 1 aromatic rings. The summed E-state index contributed by atoms with van der Waals surface area (Å²) in [7, 11) is 0. The van der Waals surface area contributed by atoms with Crippen molar-refractivity contribution >= 4 is 37.8 Å². The van der Waals surface area contributed by atoms with Crippen molar-refractivity contribution in [3.8, 4) is 0 Å². The van der Waals surface area contributed by atoms with Crippen molar-refractivity contribution in [2.24, 2.45) is 0 Å². The Labute approximate surface area is 137 Å². The number of hydrogen-bond acceptors (Lipinski definition) is 2. The van der Waals surface area contributed by atoms with Crippen LogP contribution in [-0.2, 0) is 0 Å². The fourth-order valence-electron chi connectivity index (χ4n) is 2.55. The molecule has 0 bridgehead atoms. The third-order valence-corrected chi connectivity index (χ3v) is 4.82. The minimum atomic E-state index is 0.00659. The topological polar surface area (TPSA) is 32.3 Å². The van der Waals surface area contributed by atoms with E-state index < -0.39 is 0 Å². The normalized spacial score (nSPS) is 17.1. The van der Waals surface area contributed by atoms with Crippen LogP contribution in [0.15, 0.2) is 27.1 Å². The average Bonchev–Trinajstić information content (AvgIpc) is 2.44. The molecule has 1 saturated heterocycles. The van der Waals surface area contributed by atoms with Crippen molar-refractivity contribution in [1.82, 2.24) is 10.2 Å². The number of nitrogens with one attached hydrogen (secondary N) is 1. The molecule has 0 aromatic heterocycles. The van der Waals surface area contributed by atoms with Crippen molar-refractivity contribution < 1.29 is 4.79 Å². The Morgan fingerprint density at radius 2 is 2.05 bits per heavy atom. The van der Waals surface area contributed by atoms with Gasteiger partial charge < -0.3 is 10.2 Å². The summed E-state index contributed by atoms with van der Waals surface area (Å²) < 4.78 is 1.75. The Morgan fingerprint density at radius 3 is 2.70 bits per heavy atom. The number of likely N-dealkylation sites (tertiary alicyclic amines) is 1. The van der Waals surface area contributed by atoms with E-state index >= 15 is 0 Å². The first-order valence-electron chi connectivity index (χ1n) is 7.08. The molecule has 3 nitrogen and oxygen atoms in total. The summed E-state index contributed by atoms with van der Waals surface area (Å²) in [4.78, 5) is 14.8. The molecule has 1 heterocycles. The zero-order valence-corrected chi connectivity index (χ0v) is 14.8. The van der Waals surface area contributed by atoms with E-state index in [-0.39, 0.29) is 5.91 Å². The average molecular weight is 404 g/mol. The molecule has 1 N–H and O–H groups in total. The quantitative estimate of drug-likeness (QED) is 0.828. The van der Waals surface area contributed by atoms with Gasteiger partial charge in [-0.1, -0.05) is 22.9 Å². The molecule has 1 amide bonds. The van der Waals surface area contributed by atoms with Crippen LogP contribution in [0.5, 0.6) is 0 Å². The maximum atomic E-state index is 12.3. The molecule has 0 unspecified atom stereocenters. The highest BCUT2D eigenvalue weighted by Gasteiger charge is 2.21. The minimum Gasteiger partial charge on any atom is -0.349 e. The lowest BCUT2D eigenvalue weighted by molar-refractivity contribution is 0.0910. The second kappa shape index (κ2) is 7.57. The molecule has 0 radical (unpaired) electrons. The van der Waals surface area contributed by atoms with Crippen LogP contribution in [0.2, 0.25) is 0 Å². The summed E-state index contributed by atoms with van der Waals surface area (Å²) in [6, 6.07) is 5.96. The van der Waals surface area contributed by atoms with Crippen LogP contribution in [0.4, 0.5) is 0 Å². The smallest absolute Gasteiger partial charge is 0.252 e. The van der Waals surface area contributed by atoms with Crippen LogP contribution < -0.4 is 5.32 Å². The number of amides is 1. The number of benzene rings is 1. The Balaban J connectivity index is 1.91. The van der Waals surface area contributed by atoms with Gasteiger partial charge in [0.05, 0.1) is 5.56 Å². The van der Waals surface area contributed by atoms with Crippen LogP contribution >= 0.6 is 31.9 Å². The lowest BCUT2D eigenvalue weighted by Crippen LogP contribution is -2.44. The third kappa shape index (κ3) is 4.30. The van der Waals surface area contributed by atoms with E-state index in [1.165, 1.54) is 6.42 Å².